The van der Waals surface area contributed by atoms with Crippen LogP contribution in [0.2, 0.25) is 0 Å². The number of hydrogen-bond acceptors (Lipinski definition) is 3. The van der Waals surface area contributed by atoms with Crippen LogP contribution < -0.4 is 0 Å². The standard InChI is InChI=1S/C20H38O3/c1-3-5-7-11-15-19(16-12-8-6-4-2)20(22)23-18-14-10-9-13-17-21/h17,19H,3-16,18H2,1-2H3. The minimum absolute atomic E-state index is 0.00776. The van der Waals surface area contributed by atoms with E-state index in [1.165, 1.54) is 38.5 Å². The molecule has 136 valence electrons. The van der Waals surface area contributed by atoms with E-state index in [4.69, 9.17) is 4.74 Å². The predicted octanol–water partition coefficient (Wildman–Crippen LogP) is 5.85. The van der Waals surface area contributed by atoms with E-state index in [2.05, 4.69) is 13.8 Å². The molecule has 0 aliphatic carbocycles. The summed E-state index contributed by atoms with van der Waals surface area (Å²) >= 11 is 0. The highest BCUT2D eigenvalue weighted by Gasteiger charge is 2.19. The largest absolute Gasteiger partial charge is 0.465 e. The lowest BCUT2D eigenvalue weighted by Gasteiger charge is -2.16. The van der Waals surface area contributed by atoms with Gasteiger partial charge in [-0.1, -0.05) is 65.2 Å². The van der Waals surface area contributed by atoms with Crippen molar-refractivity contribution >= 4 is 12.3 Å². The van der Waals surface area contributed by atoms with Crippen LogP contribution in [0.5, 0.6) is 0 Å². The van der Waals surface area contributed by atoms with Crippen molar-refractivity contribution in [2.75, 3.05) is 6.61 Å². The van der Waals surface area contributed by atoms with Crippen LogP contribution in [0.25, 0.3) is 0 Å². The first-order valence-electron chi connectivity index (χ1n) is 9.86. The van der Waals surface area contributed by atoms with Gasteiger partial charge in [0.1, 0.15) is 6.29 Å². The highest BCUT2D eigenvalue weighted by molar-refractivity contribution is 5.72. The summed E-state index contributed by atoms with van der Waals surface area (Å²) in [6, 6.07) is 0. The van der Waals surface area contributed by atoms with Crippen LogP contribution in [-0.4, -0.2) is 18.9 Å². The van der Waals surface area contributed by atoms with Crippen molar-refractivity contribution in [3.05, 3.63) is 0 Å². The lowest BCUT2D eigenvalue weighted by Crippen LogP contribution is -2.18. The van der Waals surface area contributed by atoms with Gasteiger partial charge >= 0.3 is 5.97 Å². The molecule has 0 N–H and O–H groups in total. The van der Waals surface area contributed by atoms with E-state index in [0.29, 0.717) is 13.0 Å². The van der Waals surface area contributed by atoms with Crippen molar-refractivity contribution in [1.29, 1.82) is 0 Å². The Kier molecular flexibility index (Phi) is 16.8. The molecular formula is C20H38O3. The van der Waals surface area contributed by atoms with Gasteiger partial charge in [-0.3, -0.25) is 4.79 Å². The Hall–Kier alpha value is -0.860. The van der Waals surface area contributed by atoms with Gasteiger partial charge in [-0.15, -0.1) is 0 Å². The monoisotopic (exact) mass is 326 g/mol. The molecule has 0 radical (unpaired) electrons. The molecule has 0 unspecified atom stereocenters. The zero-order chi connectivity index (χ0) is 17.2. The summed E-state index contributed by atoms with van der Waals surface area (Å²) in [4.78, 5) is 22.5. The van der Waals surface area contributed by atoms with Crippen LogP contribution in [0.1, 0.15) is 104 Å². The number of hydrogen-bond donors (Lipinski definition) is 0. The molecule has 0 heterocycles. The summed E-state index contributed by atoms with van der Waals surface area (Å²) in [5.41, 5.74) is 0. The lowest BCUT2D eigenvalue weighted by molar-refractivity contribution is -0.149. The zero-order valence-electron chi connectivity index (χ0n) is 15.5. The maximum absolute atomic E-state index is 12.3. The average Bonchev–Trinajstić information content (AvgIpc) is 2.56. The van der Waals surface area contributed by atoms with Crippen LogP contribution in [-0.2, 0) is 14.3 Å². The molecule has 0 aromatic carbocycles. The first kappa shape index (κ1) is 22.1. The Morgan fingerprint density at radius 3 is 1.91 bits per heavy atom. The highest BCUT2D eigenvalue weighted by atomic mass is 16.5. The second-order valence-electron chi connectivity index (χ2n) is 6.58. The van der Waals surface area contributed by atoms with Gasteiger partial charge in [0.15, 0.2) is 0 Å². The molecule has 23 heavy (non-hydrogen) atoms. The van der Waals surface area contributed by atoms with Crippen LogP contribution in [0.4, 0.5) is 0 Å². The summed E-state index contributed by atoms with van der Waals surface area (Å²) in [6.07, 6.45) is 16.0. The SMILES string of the molecule is CCCCCCC(CCCCCC)C(=O)OCCCCCC=O. The molecule has 0 aromatic rings. The fraction of sp³-hybridized carbons (Fsp3) is 0.900. The maximum atomic E-state index is 12.3. The molecule has 0 bridgehead atoms. The smallest absolute Gasteiger partial charge is 0.308 e. The van der Waals surface area contributed by atoms with E-state index >= 15 is 0 Å². The van der Waals surface area contributed by atoms with Gasteiger partial charge in [0.05, 0.1) is 12.5 Å². The molecule has 0 amide bonds. The topological polar surface area (TPSA) is 43.4 Å². The molecule has 0 saturated carbocycles. The Bertz CT molecular complexity index is 264. The van der Waals surface area contributed by atoms with E-state index in [0.717, 1.165) is 51.2 Å². The number of unbranched alkanes of at least 4 members (excludes halogenated alkanes) is 9. The third kappa shape index (κ3) is 14.5. The van der Waals surface area contributed by atoms with Gasteiger partial charge in [0, 0.05) is 6.42 Å². The zero-order valence-corrected chi connectivity index (χ0v) is 15.5. The van der Waals surface area contributed by atoms with Gasteiger partial charge in [0.2, 0.25) is 0 Å². The maximum Gasteiger partial charge on any atom is 0.308 e. The van der Waals surface area contributed by atoms with Crippen molar-refractivity contribution < 1.29 is 14.3 Å². The molecule has 0 rings (SSSR count). The molecule has 0 aliphatic heterocycles. The van der Waals surface area contributed by atoms with Crippen molar-refractivity contribution in [3.63, 3.8) is 0 Å². The number of ether oxygens (including phenoxy) is 1. The van der Waals surface area contributed by atoms with Crippen molar-refractivity contribution in [3.8, 4) is 0 Å². The Morgan fingerprint density at radius 2 is 1.39 bits per heavy atom. The van der Waals surface area contributed by atoms with Gasteiger partial charge < -0.3 is 9.53 Å². The molecule has 0 spiro atoms. The Balaban J connectivity index is 3.97. The minimum Gasteiger partial charge on any atom is -0.465 e. The molecule has 0 atom stereocenters. The van der Waals surface area contributed by atoms with Crippen molar-refractivity contribution in [1.82, 2.24) is 0 Å². The Labute approximate surface area is 143 Å². The third-order valence-corrected chi connectivity index (χ3v) is 4.36. The summed E-state index contributed by atoms with van der Waals surface area (Å²) in [6.45, 7) is 4.93. The quantitative estimate of drug-likeness (QED) is 0.191. The van der Waals surface area contributed by atoms with Gasteiger partial charge in [0.25, 0.3) is 0 Å². The van der Waals surface area contributed by atoms with Crippen LogP contribution >= 0.6 is 0 Å². The lowest BCUT2D eigenvalue weighted by atomic mass is 9.94. The van der Waals surface area contributed by atoms with Gasteiger partial charge in [-0.2, -0.15) is 0 Å². The summed E-state index contributed by atoms with van der Waals surface area (Å²) < 4.78 is 5.47. The van der Waals surface area contributed by atoms with Crippen LogP contribution in [0.3, 0.4) is 0 Å². The highest BCUT2D eigenvalue weighted by Crippen LogP contribution is 2.20. The molecule has 0 saturated heterocycles. The van der Waals surface area contributed by atoms with Crippen LogP contribution in [0, 0.1) is 5.92 Å². The number of aldehydes is 1. The first-order chi connectivity index (χ1) is 11.3. The van der Waals surface area contributed by atoms with Crippen molar-refractivity contribution in [2.45, 2.75) is 104 Å². The number of carbonyl (C=O) groups is 2. The number of carbonyl (C=O) groups excluding carboxylic acids is 2. The molecule has 3 heteroatoms. The minimum atomic E-state index is 0.00776. The molecule has 0 fully saturated rings. The van der Waals surface area contributed by atoms with E-state index < -0.39 is 0 Å². The molecule has 3 nitrogen and oxygen atoms in total. The van der Waals surface area contributed by atoms with E-state index in [1.807, 2.05) is 0 Å². The molecular weight excluding hydrogens is 288 g/mol. The Morgan fingerprint density at radius 1 is 0.826 bits per heavy atom. The fourth-order valence-corrected chi connectivity index (χ4v) is 2.81. The first-order valence-corrected chi connectivity index (χ1v) is 9.86. The number of rotatable bonds is 17. The second kappa shape index (κ2) is 17.5. The van der Waals surface area contributed by atoms with Gasteiger partial charge in [-0.25, -0.2) is 0 Å². The summed E-state index contributed by atoms with van der Waals surface area (Å²) in [5, 5.41) is 0. The second-order valence-corrected chi connectivity index (χ2v) is 6.58. The van der Waals surface area contributed by atoms with E-state index in [-0.39, 0.29) is 11.9 Å². The van der Waals surface area contributed by atoms with Crippen LogP contribution in [0.15, 0.2) is 0 Å². The summed E-state index contributed by atoms with van der Waals surface area (Å²) in [7, 11) is 0. The van der Waals surface area contributed by atoms with E-state index in [1.54, 1.807) is 0 Å². The number of esters is 1. The van der Waals surface area contributed by atoms with Gasteiger partial charge in [-0.05, 0) is 32.1 Å². The predicted molar refractivity (Wildman–Crippen MR) is 96.5 cm³/mol. The fourth-order valence-electron chi connectivity index (χ4n) is 2.81. The van der Waals surface area contributed by atoms with E-state index in [9.17, 15) is 9.59 Å². The molecule has 0 aliphatic rings. The van der Waals surface area contributed by atoms with Crippen molar-refractivity contribution in [2.24, 2.45) is 5.92 Å². The summed E-state index contributed by atoms with van der Waals surface area (Å²) in [5.74, 6) is 0.104. The molecule has 0 aromatic heterocycles. The normalized spacial score (nSPS) is 10.9. The third-order valence-electron chi connectivity index (χ3n) is 4.36. The average molecular weight is 327 g/mol.